The summed E-state index contributed by atoms with van der Waals surface area (Å²) in [4.78, 5) is 19.3. The summed E-state index contributed by atoms with van der Waals surface area (Å²) in [5.41, 5.74) is 5.49. The van der Waals surface area contributed by atoms with Crippen molar-refractivity contribution in [1.82, 2.24) is 4.98 Å². The van der Waals surface area contributed by atoms with E-state index >= 15 is 0 Å². The molecule has 4 nitrogen and oxygen atoms in total. The summed E-state index contributed by atoms with van der Waals surface area (Å²) in [5.74, 6) is -0.0311. The molecule has 0 aliphatic carbocycles. The molecule has 0 saturated carbocycles. The molecule has 0 saturated heterocycles. The van der Waals surface area contributed by atoms with Crippen LogP contribution in [-0.4, -0.2) is 16.9 Å². The van der Waals surface area contributed by atoms with E-state index in [1.54, 1.807) is 12.4 Å². The fourth-order valence-corrected chi connectivity index (χ4v) is 3.79. The fourth-order valence-electron chi connectivity index (χ4n) is 3.56. The van der Waals surface area contributed by atoms with Crippen LogP contribution in [0.25, 0.3) is 0 Å². The third-order valence-corrected chi connectivity index (χ3v) is 5.11. The number of amides is 1. The first-order valence-electron chi connectivity index (χ1n) is 8.92. The Kier molecular flexibility index (Phi) is 4.58. The van der Waals surface area contributed by atoms with Crippen molar-refractivity contribution in [2.75, 3.05) is 10.2 Å². The van der Waals surface area contributed by atoms with E-state index in [0.29, 0.717) is 10.6 Å². The Hall–Kier alpha value is -2.85. The van der Waals surface area contributed by atoms with Gasteiger partial charge in [0, 0.05) is 28.6 Å². The molecule has 27 heavy (non-hydrogen) atoms. The van der Waals surface area contributed by atoms with E-state index in [1.165, 1.54) is 5.56 Å². The number of nitrogens with zero attached hydrogens (tertiary/aromatic N) is 2. The number of anilines is 3. The van der Waals surface area contributed by atoms with Gasteiger partial charge in [-0.05, 0) is 61.7 Å². The molecule has 0 spiro atoms. The maximum Gasteiger partial charge on any atom is 0.260 e. The van der Waals surface area contributed by atoms with Crippen LogP contribution in [0.4, 0.5) is 17.1 Å². The van der Waals surface area contributed by atoms with Crippen molar-refractivity contribution in [3.05, 3.63) is 82.6 Å². The van der Waals surface area contributed by atoms with Crippen molar-refractivity contribution < 1.29 is 4.79 Å². The average molecular weight is 378 g/mol. The molecule has 1 aliphatic rings. The van der Waals surface area contributed by atoms with Gasteiger partial charge in [0.05, 0.1) is 17.4 Å². The van der Waals surface area contributed by atoms with Gasteiger partial charge < -0.3 is 10.2 Å². The van der Waals surface area contributed by atoms with Crippen LogP contribution in [0, 0.1) is 6.92 Å². The summed E-state index contributed by atoms with van der Waals surface area (Å²) < 4.78 is 0. The molecule has 1 aliphatic heterocycles. The van der Waals surface area contributed by atoms with Crippen molar-refractivity contribution in [3.8, 4) is 0 Å². The first kappa shape index (κ1) is 17.6. The highest BCUT2D eigenvalue weighted by atomic mass is 35.5. The molecule has 1 aromatic heterocycles. The molecule has 3 aromatic rings. The number of pyridine rings is 1. The molecule has 0 fully saturated rings. The minimum absolute atomic E-state index is 0.0311. The Labute approximate surface area is 163 Å². The lowest BCUT2D eigenvalue weighted by Crippen LogP contribution is -2.35. The summed E-state index contributed by atoms with van der Waals surface area (Å²) in [6.07, 6.45) is 4.21. The monoisotopic (exact) mass is 377 g/mol. The molecular weight excluding hydrogens is 358 g/mol. The second-order valence-electron chi connectivity index (χ2n) is 6.90. The second-order valence-corrected chi connectivity index (χ2v) is 7.34. The average Bonchev–Trinajstić information content (AvgIpc) is 2.99. The molecule has 1 unspecified atom stereocenters. The number of halogens is 1. The zero-order valence-corrected chi connectivity index (χ0v) is 16.0. The topological polar surface area (TPSA) is 45.2 Å². The number of carbonyl (C=O) groups excluding carboxylic acids is 1. The van der Waals surface area contributed by atoms with Gasteiger partial charge in [0.25, 0.3) is 5.91 Å². The summed E-state index contributed by atoms with van der Waals surface area (Å²) in [6.45, 7) is 4.06. The number of nitrogens with one attached hydrogen (secondary N) is 1. The van der Waals surface area contributed by atoms with Gasteiger partial charge >= 0.3 is 0 Å². The first-order valence-corrected chi connectivity index (χ1v) is 9.30. The van der Waals surface area contributed by atoms with Crippen molar-refractivity contribution in [2.24, 2.45) is 0 Å². The van der Waals surface area contributed by atoms with Gasteiger partial charge in [-0.25, -0.2) is 0 Å². The van der Waals surface area contributed by atoms with E-state index in [1.807, 2.05) is 54.3 Å². The van der Waals surface area contributed by atoms with Crippen LogP contribution >= 0.6 is 11.6 Å². The number of benzene rings is 2. The lowest BCUT2D eigenvalue weighted by Gasteiger charge is -2.23. The van der Waals surface area contributed by atoms with Gasteiger partial charge in [0.15, 0.2) is 0 Å². The molecule has 0 bridgehead atoms. The molecule has 4 rings (SSSR count). The van der Waals surface area contributed by atoms with E-state index < -0.39 is 0 Å². The standard InChI is InChI=1S/C22H20ClN3O/c1-14-9-18(23)7-8-20(14)25-19-11-17(12-24-13-19)22(27)26-15(2)10-16-5-3-4-6-21(16)26/h3-9,11-13,15,25H,10H2,1-2H3. The molecule has 1 atom stereocenters. The minimum Gasteiger partial charge on any atom is -0.354 e. The first-order chi connectivity index (χ1) is 13.0. The van der Waals surface area contributed by atoms with Crippen molar-refractivity contribution in [2.45, 2.75) is 26.3 Å². The maximum absolute atomic E-state index is 13.2. The zero-order chi connectivity index (χ0) is 19.0. The smallest absolute Gasteiger partial charge is 0.260 e. The van der Waals surface area contributed by atoms with E-state index in [2.05, 4.69) is 23.3 Å². The lowest BCUT2D eigenvalue weighted by molar-refractivity contribution is 0.0981. The van der Waals surface area contributed by atoms with E-state index in [-0.39, 0.29) is 11.9 Å². The van der Waals surface area contributed by atoms with Gasteiger partial charge in [-0.1, -0.05) is 29.8 Å². The SMILES string of the molecule is Cc1cc(Cl)ccc1Nc1cncc(C(=O)N2c3ccccc3CC2C)c1. The molecule has 1 N–H and O–H groups in total. The van der Waals surface area contributed by atoms with Gasteiger partial charge in [0.2, 0.25) is 0 Å². The number of hydrogen-bond donors (Lipinski definition) is 1. The normalized spacial score (nSPS) is 15.5. The highest BCUT2D eigenvalue weighted by Crippen LogP contribution is 2.33. The van der Waals surface area contributed by atoms with Gasteiger partial charge in [0.1, 0.15) is 0 Å². The molecule has 136 valence electrons. The summed E-state index contributed by atoms with van der Waals surface area (Å²) >= 11 is 6.02. The number of aromatic nitrogens is 1. The van der Waals surface area contributed by atoms with Crippen LogP contribution in [0.1, 0.15) is 28.4 Å². The Balaban J connectivity index is 1.62. The zero-order valence-electron chi connectivity index (χ0n) is 15.2. The van der Waals surface area contributed by atoms with E-state index in [0.717, 1.165) is 29.0 Å². The lowest BCUT2D eigenvalue weighted by atomic mass is 10.1. The van der Waals surface area contributed by atoms with Gasteiger partial charge in [-0.3, -0.25) is 9.78 Å². The van der Waals surface area contributed by atoms with E-state index in [4.69, 9.17) is 11.6 Å². The summed E-state index contributed by atoms with van der Waals surface area (Å²) in [5, 5.41) is 4.02. The number of rotatable bonds is 3. The number of fused-ring (bicyclic) bond motifs is 1. The van der Waals surface area contributed by atoms with Crippen molar-refractivity contribution in [1.29, 1.82) is 0 Å². The maximum atomic E-state index is 13.2. The minimum atomic E-state index is -0.0311. The molecule has 1 amide bonds. The molecule has 5 heteroatoms. The van der Waals surface area contributed by atoms with Crippen LogP contribution in [0.3, 0.4) is 0 Å². The number of carbonyl (C=O) groups is 1. The van der Waals surface area contributed by atoms with Crippen LogP contribution in [0.5, 0.6) is 0 Å². The second kappa shape index (κ2) is 7.05. The van der Waals surface area contributed by atoms with Crippen LogP contribution in [-0.2, 0) is 6.42 Å². The Morgan fingerprint density at radius 3 is 2.81 bits per heavy atom. The van der Waals surface area contributed by atoms with Gasteiger partial charge in [-0.15, -0.1) is 0 Å². The number of hydrogen-bond acceptors (Lipinski definition) is 3. The highest BCUT2D eigenvalue weighted by molar-refractivity contribution is 6.30. The van der Waals surface area contributed by atoms with Crippen LogP contribution in [0.2, 0.25) is 5.02 Å². The number of para-hydroxylation sites is 1. The fraction of sp³-hybridized carbons (Fsp3) is 0.182. The largest absolute Gasteiger partial charge is 0.354 e. The predicted octanol–water partition coefficient (Wildman–Crippen LogP) is 5.38. The summed E-state index contributed by atoms with van der Waals surface area (Å²) in [6, 6.07) is 15.7. The van der Waals surface area contributed by atoms with Crippen LogP contribution < -0.4 is 10.2 Å². The third-order valence-electron chi connectivity index (χ3n) is 4.88. The number of aryl methyl sites for hydroxylation is 1. The summed E-state index contributed by atoms with van der Waals surface area (Å²) in [7, 11) is 0. The van der Waals surface area contributed by atoms with Crippen molar-refractivity contribution >= 4 is 34.6 Å². The Morgan fingerprint density at radius 2 is 2.00 bits per heavy atom. The molecule has 2 aromatic carbocycles. The van der Waals surface area contributed by atoms with Crippen LogP contribution in [0.15, 0.2) is 60.9 Å². The molecular formula is C22H20ClN3O. The van der Waals surface area contributed by atoms with E-state index in [9.17, 15) is 4.79 Å². The predicted molar refractivity (Wildman–Crippen MR) is 110 cm³/mol. The third kappa shape index (κ3) is 3.40. The molecule has 0 radical (unpaired) electrons. The Bertz CT molecular complexity index is 1020. The Morgan fingerprint density at radius 1 is 1.19 bits per heavy atom. The van der Waals surface area contributed by atoms with Gasteiger partial charge in [-0.2, -0.15) is 0 Å². The highest BCUT2D eigenvalue weighted by Gasteiger charge is 2.31. The molecule has 2 heterocycles. The quantitative estimate of drug-likeness (QED) is 0.666. The van der Waals surface area contributed by atoms with Crippen molar-refractivity contribution in [3.63, 3.8) is 0 Å².